The Hall–Kier alpha value is -4.46. The number of pyridine rings is 1. The lowest BCUT2D eigenvalue weighted by molar-refractivity contribution is 0.103. The van der Waals surface area contributed by atoms with Gasteiger partial charge >= 0.3 is 0 Å². The first kappa shape index (κ1) is 21.4. The minimum absolute atomic E-state index is 0.0800. The van der Waals surface area contributed by atoms with Gasteiger partial charge in [-0.05, 0) is 66.4 Å². The van der Waals surface area contributed by atoms with Crippen LogP contribution in [-0.2, 0) is 6.42 Å². The number of anilines is 2. The molecule has 0 fully saturated rings. The second-order valence-electron chi connectivity index (χ2n) is 8.28. The molecule has 1 aliphatic rings. The van der Waals surface area contributed by atoms with Crippen molar-refractivity contribution >= 4 is 23.4 Å². The number of ketones is 1. The molecule has 2 aromatic heterocycles. The van der Waals surface area contributed by atoms with E-state index in [1.54, 1.807) is 18.2 Å². The summed E-state index contributed by atoms with van der Waals surface area (Å²) < 4.78 is 20.9. The third-order valence-electron chi connectivity index (χ3n) is 5.92. The van der Waals surface area contributed by atoms with Gasteiger partial charge in [-0.15, -0.1) is 0 Å². The number of fused-ring (bicyclic) bond motifs is 1. The Morgan fingerprint density at radius 3 is 2.65 bits per heavy atom. The topological polar surface area (TPSA) is 109 Å². The number of carbonyl (C=O) groups excluding carboxylic acids is 1. The maximum Gasteiger partial charge on any atom is 0.219 e. The summed E-state index contributed by atoms with van der Waals surface area (Å²) in [4.78, 5) is 17.5. The van der Waals surface area contributed by atoms with Crippen molar-refractivity contribution in [2.24, 2.45) is 0 Å². The van der Waals surface area contributed by atoms with Crippen molar-refractivity contribution in [3.63, 3.8) is 0 Å². The summed E-state index contributed by atoms with van der Waals surface area (Å²) >= 11 is 0. The van der Waals surface area contributed by atoms with Crippen LogP contribution in [0.4, 0.5) is 15.9 Å². The first-order valence-electron chi connectivity index (χ1n) is 10.7. The highest BCUT2D eigenvalue weighted by molar-refractivity contribution is 6.15. The van der Waals surface area contributed by atoms with Crippen molar-refractivity contribution in [2.75, 3.05) is 11.5 Å². The van der Waals surface area contributed by atoms with Crippen LogP contribution in [0.1, 0.15) is 32.6 Å². The third-order valence-corrected chi connectivity index (χ3v) is 5.92. The largest absolute Gasteiger partial charge is 0.436 e. The van der Waals surface area contributed by atoms with Gasteiger partial charge in [0.05, 0.1) is 23.6 Å². The normalized spacial score (nSPS) is 12.4. The fourth-order valence-corrected chi connectivity index (χ4v) is 4.01. The molecule has 4 aromatic rings. The van der Waals surface area contributed by atoms with Gasteiger partial charge < -0.3 is 16.2 Å². The maximum absolute atomic E-state index is 13.9. The van der Waals surface area contributed by atoms with Gasteiger partial charge in [0.1, 0.15) is 5.82 Å². The second-order valence-corrected chi connectivity index (χ2v) is 8.28. The molecule has 0 saturated heterocycles. The van der Waals surface area contributed by atoms with Crippen LogP contribution in [0.2, 0.25) is 0 Å². The average molecular weight is 455 g/mol. The van der Waals surface area contributed by atoms with Crippen molar-refractivity contribution in [2.45, 2.75) is 20.3 Å². The highest BCUT2D eigenvalue weighted by Crippen LogP contribution is 2.32. The van der Waals surface area contributed by atoms with Crippen molar-refractivity contribution in [1.82, 2.24) is 14.8 Å². The molecule has 0 bridgehead atoms. The van der Waals surface area contributed by atoms with E-state index < -0.39 is 5.82 Å². The number of nitrogen functional groups attached to an aromatic ring is 2. The van der Waals surface area contributed by atoms with Gasteiger partial charge in [-0.25, -0.2) is 14.1 Å². The molecule has 170 valence electrons. The Bertz CT molecular complexity index is 1490. The van der Waals surface area contributed by atoms with Crippen LogP contribution < -0.4 is 16.2 Å². The fraction of sp³-hybridized carbons (Fsp3) is 0.115. The minimum atomic E-state index is -0.480. The van der Waals surface area contributed by atoms with Gasteiger partial charge in [-0.1, -0.05) is 12.1 Å². The highest BCUT2D eigenvalue weighted by atomic mass is 19.1. The molecule has 2 heterocycles. The number of hydrogen-bond donors (Lipinski definition) is 2. The molecule has 34 heavy (non-hydrogen) atoms. The zero-order valence-corrected chi connectivity index (χ0v) is 18.7. The lowest BCUT2D eigenvalue weighted by Crippen LogP contribution is -2.09. The number of halogens is 1. The summed E-state index contributed by atoms with van der Waals surface area (Å²) in [6, 6.07) is 11.7. The van der Waals surface area contributed by atoms with E-state index in [2.05, 4.69) is 10.1 Å². The average Bonchev–Trinajstić information content (AvgIpc) is 3.39. The molecule has 7 nitrogen and oxygen atoms in total. The fourth-order valence-electron chi connectivity index (χ4n) is 4.01. The molecular weight excluding hydrogens is 433 g/mol. The second kappa shape index (κ2) is 8.15. The van der Waals surface area contributed by atoms with Crippen LogP contribution in [-0.4, -0.2) is 20.5 Å². The van der Waals surface area contributed by atoms with Crippen molar-refractivity contribution < 1.29 is 13.9 Å². The summed E-state index contributed by atoms with van der Waals surface area (Å²) in [6.45, 7) is 3.77. The maximum atomic E-state index is 13.9. The molecule has 0 spiro atoms. The van der Waals surface area contributed by atoms with Gasteiger partial charge in [0, 0.05) is 23.7 Å². The number of para-hydroxylation sites is 1. The molecule has 2 aromatic carbocycles. The molecule has 0 unspecified atom stereocenters. The van der Waals surface area contributed by atoms with Crippen LogP contribution in [0.3, 0.4) is 0 Å². The van der Waals surface area contributed by atoms with E-state index in [-0.39, 0.29) is 23.2 Å². The van der Waals surface area contributed by atoms with E-state index in [1.807, 2.05) is 32.1 Å². The number of aryl methyl sites for hydroxylation is 2. The van der Waals surface area contributed by atoms with Gasteiger partial charge in [-0.3, -0.25) is 4.79 Å². The van der Waals surface area contributed by atoms with Crippen molar-refractivity contribution in [3.05, 3.63) is 94.1 Å². The zero-order chi connectivity index (χ0) is 24.0. The summed E-state index contributed by atoms with van der Waals surface area (Å²) in [5.41, 5.74) is 18.3. The Labute approximate surface area is 195 Å². The Kier molecular flexibility index (Phi) is 5.13. The Balaban J connectivity index is 1.40. The molecule has 0 amide bonds. The van der Waals surface area contributed by atoms with E-state index in [0.717, 1.165) is 22.3 Å². The first-order valence-corrected chi connectivity index (χ1v) is 10.7. The molecule has 1 aliphatic carbocycles. The Morgan fingerprint density at radius 1 is 1.09 bits per heavy atom. The minimum Gasteiger partial charge on any atom is -0.436 e. The number of nitrogens with zero attached hydrogens (tertiary/aromatic N) is 3. The number of benzene rings is 2. The van der Waals surface area contributed by atoms with Crippen LogP contribution in [0.25, 0.3) is 11.8 Å². The number of hydrogen-bond acceptors (Lipinski definition) is 6. The van der Waals surface area contributed by atoms with Gasteiger partial charge in [0.15, 0.2) is 17.3 Å². The summed E-state index contributed by atoms with van der Waals surface area (Å²) in [5.74, 6) is -0.133. The summed E-state index contributed by atoms with van der Waals surface area (Å²) in [5, 5.41) is 4.33. The first-order chi connectivity index (χ1) is 16.3. The summed E-state index contributed by atoms with van der Waals surface area (Å²) in [7, 11) is 0. The molecular formula is C26H22FN5O2. The van der Waals surface area contributed by atoms with E-state index >= 15 is 0 Å². The predicted octanol–water partition coefficient (Wildman–Crippen LogP) is 4.80. The number of rotatable bonds is 5. The number of aromatic nitrogens is 3. The van der Waals surface area contributed by atoms with E-state index in [1.165, 1.54) is 29.2 Å². The number of allylic oxidation sites excluding steroid dienone is 1. The highest BCUT2D eigenvalue weighted by Gasteiger charge is 2.25. The third kappa shape index (κ3) is 3.69. The standard InChI is InChI=1S/C26H22FN5O2/c1-14-7-16-9-18(10-17(16)11-21(14)28)25(33)19-12-31-32(26(19)29)22-13-30-24(8-15(22)2)34-23-6-4-3-5-20(23)27/h3-9,11-13H,10,28-29H2,1-2H3. The van der Waals surface area contributed by atoms with Crippen molar-refractivity contribution in [3.8, 4) is 17.3 Å². The van der Waals surface area contributed by atoms with Crippen LogP contribution in [0.15, 0.2) is 60.4 Å². The van der Waals surface area contributed by atoms with Crippen LogP contribution in [0.5, 0.6) is 11.6 Å². The monoisotopic (exact) mass is 455 g/mol. The van der Waals surface area contributed by atoms with E-state index in [9.17, 15) is 9.18 Å². The van der Waals surface area contributed by atoms with Gasteiger partial charge in [0.25, 0.3) is 0 Å². The molecule has 8 heteroatoms. The molecule has 0 radical (unpaired) electrons. The number of ether oxygens (including phenoxy) is 1. The quantitative estimate of drug-likeness (QED) is 0.330. The number of Topliss-reactive ketones (excluding diaryl/α,β-unsaturated/α-hetero) is 1. The number of nitrogens with two attached hydrogens (primary N) is 2. The van der Waals surface area contributed by atoms with Gasteiger partial charge in [-0.2, -0.15) is 5.10 Å². The zero-order valence-electron chi connectivity index (χ0n) is 18.7. The smallest absolute Gasteiger partial charge is 0.219 e. The lowest BCUT2D eigenvalue weighted by Gasteiger charge is -2.11. The molecule has 0 atom stereocenters. The van der Waals surface area contributed by atoms with Gasteiger partial charge in [0.2, 0.25) is 5.88 Å². The molecule has 0 aliphatic heterocycles. The SMILES string of the molecule is Cc1cc2c(cc1N)CC(C(=O)c1cnn(-c3cnc(Oc4ccccc4F)cc3C)c1N)=C2. The lowest BCUT2D eigenvalue weighted by atomic mass is 10.0. The molecule has 5 rings (SSSR count). The molecule has 0 saturated carbocycles. The predicted molar refractivity (Wildman–Crippen MR) is 129 cm³/mol. The molecule has 4 N–H and O–H groups in total. The van der Waals surface area contributed by atoms with Crippen LogP contribution in [0, 0.1) is 19.7 Å². The van der Waals surface area contributed by atoms with E-state index in [4.69, 9.17) is 16.2 Å². The Morgan fingerprint density at radius 2 is 1.88 bits per heavy atom. The van der Waals surface area contributed by atoms with Crippen LogP contribution >= 0.6 is 0 Å². The van der Waals surface area contributed by atoms with Crippen molar-refractivity contribution in [1.29, 1.82) is 0 Å². The summed E-state index contributed by atoms with van der Waals surface area (Å²) in [6.07, 6.45) is 5.36. The number of carbonyl (C=O) groups is 1. The van der Waals surface area contributed by atoms with E-state index in [0.29, 0.717) is 28.9 Å².